The first-order valence-corrected chi connectivity index (χ1v) is 6.35. The van der Waals surface area contributed by atoms with Crippen LogP contribution in [0.15, 0.2) is 12.7 Å². The Morgan fingerprint density at radius 1 is 1.27 bits per heavy atom. The Morgan fingerprint density at radius 2 is 2.00 bits per heavy atom. The monoisotopic (exact) mass is 209 g/mol. The molecule has 0 radical (unpaired) electrons. The largest absolute Gasteiger partial charge is 0.381 e. The van der Waals surface area contributed by atoms with E-state index in [1.54, 1.807) is 0 Å². The number of rotatable bonds is 6. The molecule has 0 aromatic heterocycles. The summed E-state index contributed by atoms with van der Waals surface area (Å²) >= 11 is 0. The third kappa shape index (κ3) is 3.62. The first kappa shape index (κ1) is 11.2. The molecule has 0 amide bonds. The Balaban J connectivity index is 1.74. The Hall–Kier alpha value is -0.340. The zero-order valence-corrected chi connectivity index (χ0v) is 9.58. The van der Waals surface area contributed by atoms with Crippen molar-refractivity contribution in [2.75, 3.05) is 13.2 Å². The topological polar surface area (TPSA) is 21.3 Å². The Labute approximate surface area is 93.1 Å². The first-order valence-electron chi connectivity index (χ1n) is 6.35. The van der Waals surface area contributed by atoms with Crippen molar-refractivity contribution in [1.82, 2.24) is 5.32 Å². The molecule has 86 valence electrons. The summed E-state index contributed by atoms with van der Waals surface area (Å²) in [5.74, 6) is 0.952. The second kappa shape index (κ2) is 5.66. The summed E-state index contributed by atoms with van der Waals surface area (Å²) in [5, 5.41) is 3.82. The number of hydrogen-bond acceptors (Lipinski definition) is 2. The molecular weight excluding hydrogens is 186 g/mol. The van der Waals surface area contributed by atoms with Gasteiger partial charge in [0.2, 0.25) is 0 Å². The first-order chi connectivity index (χ1) is 7.40. The van der Waals surface area contributed by atoms with Crippen LogP contribution < -0.4 is 5.32 Å². The molecule has 1 aliphatic heterocycles. The molecular formula is C13H23NO. The van der Waals surface area contributed by atoms with Crippen LogP contribution >= 0.6 is 0 Å². The minimum atomic E-state index is 0.703. The summed E-state index contributed by atoms with van der Waals surface area (Å²) in [6.07, 6.45) is 9.70. The van der Waals surface area contributed by atoms with Crippen LogP contribution in [0.25, 0.3) is 0 Å². The summed E-state index contributed by atoms with van der Waals surface area (Å²) in [6, 6.07) is 1.44. The third-order valence-corrected chi connectivity index (χ3v) is 3.54. The van der Waals surface area contributed by atoms with Gasteiger partial charge in [0, 0.05) is 25.3 Å². The molecule has 1 saturated carbocycles. The van der Waals surface area contributed by atoms with Crippen molar-refractivity contribution in [1.29, 1.82) is 0 Å². The number of ether oxygens (including phenoxy) is 1. The van der Waals surface area contributed by atoms with Gasteiger partial charge in [-0.2, -0.15) is 0 Å². The Morgan fingerprint density at radius 3 is 2.60 bits per heavy atom. The van der Waals surface area contributed by atoms with Crippen LogP contribution in [0, 0.1) is 5.92 Å². The Kier molecular flexibility index (Phi) is 4.21. The molecule has 2 rings (SSSR count). The second-order valence-corrected chi connectivity index (χ2v) is 4.86. The van der Waals surface area contributed by atoms with Crippen molar-refractivity contribution in [3.05, 3.63) is 12.7 Å². The van der Waals surface area contributed by atoms with Crippen molar-refractivity contribution in [2.24, 2.45) is 5.92 Å². The maximum atomic E-state index is 5.38. The highest BCUT2D eigenvalue weighted by Crippen LogP contribution is 2.35. The van der Waals surface area contributed by atoms with Crippen molar-refractivity contribution < 1.29 is 4.74 Å². The van der Waals surface area contributed by atoms with Crippen molar-refractivity contribution >= 4 is 0 Å². The summed E-state index contributed by atoms with van der Waals surface area (Å²) in [6.45, 7) is 5.69. The van der Waals surface area contributed by atoms with E-state index < -0.39 is 0 Å². The average Bonchev–Trinajstić information content (AvgIpc) is 3.09. The smallest absolute Gasteiger partial charge is 0.0480 e. The van der Waals surface area contributed by atoms with Gasteiger partial charge in [-0.15, -0.1) is 6.58 Å². The van der Waals surface area contributed by atoms with Crippen LogP contribution in [-0.2, 0) is 4.74 Å². The predicted octanol–water partition coefficient (Wildman–Crippen LogP) is 2.50. The van der Waals surface area contributed by atoms with Crippen LogP contribution in [0.4, 0.5) is 0 Å². The summed E-state index contributed by atoms with van der Waals surface area (Å²) in [4.78, 5) is 0. The molecule has 2 heteroatoms. The lowest BCUT2D eigenvalue weighted by Crippen LogP contribution is -2.42. The maximum absolute atomic E-state index is 5.38. The van der Waals surface area contributed by atoms with Crippen LogP contribution in [-0.4, -0.2) is 25.3 Å². The lowest BCUT2D eigenvalue weighted by Gasteiger charge is -2.28. The van der Waals surface area contributed by atoms with E-state index in [4.69, 9.17) is 4.74 Å². The molecule has 1 saturated heterocycles. The lowest BCUT2D eigenvalue weighted by molar-refractivity contribution is 0.0736. The number of hydrogen-bond donors (Lipinski definition) is 1. The fourth-order valence-corrected chi connectivity index (χ4v) is 2.42. The molecule has 1 heterocycles. The predicted molar refractivity (Wildman–Crippen MR) is 62.9 cm³/mol. The van der Waals surface area contributed by atoms with E-state index in [0.29, 0.717) is 6.04 Å². The highest BCUT2D eigenvalue weighted by molar-refractivity contribution is 4.90. The second-order valence-electron chi connectivity index (χ2n) is 4.86. The quantitative estimate of drug-likeness (QED) is 0.679. The van der Waals surface area contributed by atoms with Crippen molar-refractivity contribution in [3.63, 3.8) is 0 Å². The molecule has 2 fully saturated rings. The summed E-state index contributed by atoms with van der Waals surface area (Å²) in [5.41, 5.74) is 0. The van der Waals surface area contributed by atoms with Gasteiger partial charge in [0.25, 0.3) is 0 Å². The number of nitrogens with one attached hydrogen (secondary N) is 1. The standard InChI is InChI=1S/C13H23NO/c1-2-3-4-13(11-5-6-11)14-12-7-9-15-10-8-12/h2,11-14H,1,3-10H2. The molecule has 1 unspecified atom stereocenters. The minimum Gasteiger partial charge on any atom is -0.381 e. The van der Waals surface area contributed by atoms with Crippen LogP contribution in [0.5, 0.6) is 0 Å². The van der Waals surface area contributed by atoms with Gasteiger partial charge in [0.05, 0.1) is 0 Å². The molecule has 0 spiro atoms. The highest BCUT2D eigenvalue weighted by atomic mass is 16.5. The van der Waals surface area contributed by atoms with Gasteiger partial charge >= 0.3 is 0 Å². The van der Waals surface area contributed by atoms with Gasteiger partial charge in [0.1, 0.15) is 0 Å². The molecule has 0 aromatic rings. The van der Waals surface area contributed by atoms with Gasteiger partial charge < -0.3 is 10.1 Å². The fraction of sp³-hybridized carbons (Fsp3) is 0.846. The third-order valence-electron chi connectivity index (χ3n) is 3.54. The minimum absolute atomic E-state index is 0.703. The van der Waals surface area contributed by atoms with Gasteiger partial charge in [-0.1, -0.05) is 6.08 Å². The molecule has 0 bridgehead atoms. The Bertz CT molecular complexity index is 195. The molecule has 2 aliphatic rings. The zero-order valence-electron chi connectivity index (χ0n) is 9.58. The fourth-order valence-electron chi connectivity index (χ4n) is 2.42. The molecule has 1 N–H and O–H groups in total. The van der Waals surface area contributed by atoms with Crippen LogP contribution in [0.1, 0.15) is 38.5 Å². The van der Waals surface area contributed by atoms with Crippen LogP contribution in [0.3, 0.4) is 0 Å². The maximum Gasteiger partial charge on any atom is 0.0480 e. The zero-order chi connectivity index (χ0) is 10.5. The van der Waals surface area contributed by atoms with E-state index in [2.05, 4.69) is 11.9 Å². The van der Waals surface area contributed by atoms with E-state index in [9.17, 15) is 0 Å². The van der Waals surface area contributed by atoms with Gasteiger partial charge in [0.15, 0.2) is 0 Å². The average molecular weight is 209 g/mol. The van der Waals surface area contributed by atoms with Gasteiger partial charge in [-0.25, -0.2) is 0 Å². The molecule has 0 aromatic carbocycles. The molecule has 1 aliphatic carbocycles. The number of allylic oxidation sites excluding steroid dienone is 1. The van der Waals surface area contributed by atoms with Crippen molar-refractivity contribution in [2.45, 2.75) is 50.6 Å². The normalized spacial score (nSPS) is 25.1. The summed E-state index contributed by atoms with van der Waals surface area (Å²) in [7, 11) is 0. The van der Waals surface area contributed by atoms with E-state index in [1.807, 2.05) is 6.08 Å². The molecule has 15 heavy (non-hydrogen) atoms. The summed E-state index contributed by atoms with van der Waals surface area (Å²) < 4.78 is 5.38. The van der Waals surface area contributed by atoms with Gasteiger partial charge in [-0.3, -0.25) is 0 Å². The van der Waals surface area contributed by atoms with E-state index in [0.717, 1.165) is 31.6 Å². The van der Waals surface area contributed by atoms with E-state index in [-0.39, 0.29) is 0 Å². The van der Waals surface area contributed by atoms with E-state index in [1.165, 1.54) is 32.1 Å². The SMILES string of the molecule is C=CCCC(NC1CCOCC1)C1CC1. The van der Waals surface area contributed by atoms with Crippen LogP contribution in [0.2, 0.25) is 0 Å². The molecule has 2 nitrogen and oxygen atoms in total. The molecule has 1 atom stereocenters. The van der Waals surface area contributed by atoms with Gasteiger partial charge in [-0.05, 0) is 44.4 Å². The van der Waals surface area contributed by atoms with Crippen molar-refractivity contribution in [3.8, 4) is 0 Å². The highest BCUT2D eigenvalue weighted by Gasteiger charge is 2.32. The van der Waals surface area contributed by atoms with E-state index >= 15 is 0 Å². The lowest BCUT2D eigenvalue weighted by atomic mass is 10.0.